The molecule has 0 bridgehead atoms. The van der Waals surface area contributed by atoms with E-state index in [1.165, 1.54) is 0 Å². The molecule has 4 nitrogen and oxygen atoms in total. The summed E-state index contributed by atoms with van der Waals surface area (Å²) in [4.78, 5) is 4.53. The normalized spacial score (nSPS) is 10.9. The van der Waals surface area contributed by atoms with Gasteiger partial charge in [-0.3, -0.25) is 0 Å². The Morgan fingerprint density at radius 3 is 2.79 bits per heavy atom. The topological polar surface area (TPSA) is 45.7 Å². The van der Waals surface area contributed by atoms with Gasteiger partial charge in [0.1, 0.15) is 5.75 Å². The van der Waals surface area contributed by atoms with Crippen LogP contribution in [0.25, 0.3) is 0 Å². The summed E-state index contributed by atoms with van der Waals surface area (Å²) < 4.78 is 5.58. The van der Waals surface area contributed by atoms with Crippen LogP contribution < -0.4 is 15.4 Å². The molecule has 0 atom stereocenters. The second kappa shape index (κ2) is 9.03. The van der Waals surface area contributed by atoms with Crippen molar-refractivity contribution in [2.45, 2.75) is 20.4 Å². The van der Waals surface area contributed by atoms with Gasteiger partial charge in [-0.15, -0.1) is 6.58 Å². The molecule has 0 aliphatic rings. The third-order valence-corrected chi connectivity index (χ3v) is 2.44. The Bertz CT molecular complexity index is 416. The van der Waals surface area contributed by atoms with Gasteiger partial charge in [0.25, 0.3) is 0 Å². The maximum absolute atomic E-state index is 5.58. The molecule has 0 saturated heterocycles. The Morgan fingerprint density at radius 2 is 2.11 bits per heavy atom. The quantitative estimate of drug-likeness (QED) is 0.450. The van der Waals surface area contributed by atoms with E-state index in [1.54, 1.807) is 6.08 Å². The van der Waals surface area contributed by atoms with Gasteiger partial charge >= 0.3 is 0 Å². The molecule has 1 rings (SSSR count). The van der Waals surface area contributed by atoms with E-state index in [-0.39, 0.29) is 0 Å². The first kappa shape index (κ1) is 15.1. The molecule has 0 unspecified atom stereocenters. The van der Waals surface area contributed by atoms with Gasteiger partial charge in [-0.2, -0.15) is 0 Å². The Morgan fingerprint density at radius 1 is 1.32 bits per heavy atom. The summed E-state index contributed by atoms with van der Waals surface area (Å²) in [6, 6.07) is 7.97. The van der Waals surface area contributed by atoms with Crippen LogP contribution in [0.4, 0.5) is 0 Å². The van der Waals surface area contributed by atoms with Crippen LogP contribution in [0, 0.1) is 0 Å². The van der Waals surface area contributed by atoms with E-state index in [4.69, 9.17) is 4.74 Å². The predicted octanol–water partition coefficient (Wildman–Crippen LogP) is 2.33. The van der Waals surface area contributed by atoms with Crippen molar-refractivity contribution in [3.8, 4) is 5.75 Å². The fraction of sp³-hybridized carbons (Fsp3) is 0.400. The second-order valence-electron chi connectivity index (χ2n) is 3.91. The zero-order valence-electron chi connectivity index (χ0n) is 11.8. The minimum atomic E-state index is 0.586. The van der Waals surface area contributed by atoms with Gasteiger partial charge in [0, 0.05) is 18.7 Å². The lowest BCUT2D eigenvalue weighted by Crippen LogP contribution is -2.37. The third-order valence-electron chi connectivity index (χ3n) is 2.44. The summed E-state index contributed by atoms with van der Waals surface area (Å²) in [5, 5.41) is 6.36. The molecule has 0 saturated carbocycles. The fourth-order valence-corrected chi connectivity index (χ4v) is 1.61. The van der Waals surface area contributed by atoms with Gasteiger partial charge in [0.2, 0.25) is 0 Å². The lowest BCUT2D eigenvalue weighted by molar-refractivity contribution is 0.336. The standard InChI is InChI=1S/C15H23N3O/c1-4-11-17-15(16-5-2)18-12-13-9-7-8-10-14(13)19-6-3/h4,7-10H,1,5-6,11-12H2,2-3H3,(H2,16,17,18). The molecule has 104 valence electrons. The molecule has 0 fully saturated rings. The lowest BCUT2D eigenvalue weighted by Gasteiger charge is -2.11. The summed E-state index contributed by atoms with van der Waals surface area (Å²) in [6.07, 6.45) is 1.81. The number of hydrogen-bond donors (Lipinski definition) is 2. The fourth-order valence-electron chi connectivity index (χ4n) is 1.61. The minimum absolute atomic E-state index is 0.586. The van der Waals surface area contributed by atoms with E-state index in [0.717, 1.165) is 23.8 Å². The summed E-state index contributed by atoms with van der Waals surface area (Å²) in [5.74, 6) is 1.68. The Hall–Kier alpha value is -1.97. The largest absolute Gasteiger partial charge is 0.494 e. The van der Waals surface area contributed by atoms with E-state index < -0.39 is 0 Å². The number of nitrogens with zero attached hydrogens (tertiary/aromatic N) is 1. The Labute approximate surface area is 115 Å². The predicted molar refractivity (Wildman–Crippen MR) is 80.6 cm³/mol. The molecular formula is C15H23N3O. The highest BCUT2D eigenvalue weighted by Gasteiger charge is 2.02. The Kier molecular flexibility index (Phi) is 7.17. The number of aliphatic imine (C=N–C) groups is 1. The number of hydrogen-bond acceptors (Lipinski definition) is 2. The molecule has 0 heterocycles. The van der Waals surface area contributed by atoms with E-state index in [1.807, 2.05) is 38.1 Å². The van der Waals surface area contributed by atoms with Crippen molar-refractivity contribution in [2.24, 2.45) is 4.99 Å². The maximum Gasteiger partial charge on any atom is 0.191 e. The van der Waals surface area contributed by atoms with Crippen molar-refractivity contribution >= 4 is 5.96 Å². The van der Waals surface area contributed by atoms with Crippen LogP contribution in [-0.4, -0.2) is 25.7 Å². The van der Waals surface area contributed by atoms with Gasteiger partial charge in [-0.1, -0.05) is 24.3 Å². The van der Waals surface area contributed by atoms with Crippen molar-refractivity contribution in [1.29, 1.82) is 0 Å². The average Bonchev–Trinajstić information content (AvgIpc) is 2.43. The van der Waals surface area contributed by atoms with Crippen LogP contribution in [0.3, 0.4) is 0 Å². The van der Waals surface area contributed by atoms with E-state index in [9.17, 15) is 0 Å². The Balaban J connectivity index is 2.72. The van der Waals surface area contributed by atoms with Crippen LogP contribution in [0.5, 0.6) is 5.75 Å². The third kappa shape index (κ3) is 5.46. The first-order valence-electron chi connectivity index (χ1n) is 6.65. The number of rotatable bonds is 7. The minimum Gasteiger partial charge on any atom is -0.494 e. The summed E-state index contributed by atoms with van der Waals surface area (Å²) in [5.41, 5.74) is 1.08. The molecule has 0 spiro atoms. The van der Waals surface area contributed by atoms with Crippen molar-refractivity contribution in [2.75, 3.05) is 19.7 Å². The average molecular weight is 261 g/mol. The first-order chi connectivity index (χ1) is 9.31. The van der Waals surface area contributed by atoms with Crippen LogP contribution in [0.2, 0.25) is 0 Å². The van der Waals surface area contributed by atoms with Crippen LogP contribution >= 0.6 is 0 Å². The van der Waals surface area contributed by atoms with Gasteiger partial charge in [0.15, 0.2) is 5.96 Å². The summed E-state index contributed by atoms with van der Waals surface area (Å²) >= 11 is 0. The zero-order chi connectivity index (χ0) is 13.9. The maximum atomic E-state index is 5.58. The number of benzene rings is 1. The zero-order valence-corrected chi connectivity index (χ0v) is 11.8. The molecule has 0 radical (unpaired) electrons. The highest BCUT2D eigenvalue weighted by Crippen LogP contribution is 2.18. The lowest BCUT2D eigenvalue weighted by atomic mass is 10.2. The summed E-state index contributed by atoms with van der Waals surface area (Å²) in [6.45, 7) is 10.5. The molecule has 0 aliphatic heterocycles. The van der Waals surface area contributed by atoms with E-state index in [2.05, 4.69) is 22.2 Å². The molecule has 4 heteroatoms. The van der Waals surface area contributed by atoms with Crippen LogP contribution in [0.15, 0.2) is 41.9 Å². The van der Waals surface area contributed by atoms with Crippen LogP contribution in [0.1, 0.15) is 19.4 Å². The molecule has 0 aromatic heterocycles. The molecule has 2 N–H and O–H groups in total. The van der Waals surface area contributed by atoms with Gasteiger partial charge < -0.3 is 15.4 Å². The SMILES string of the molecule is C=CCNC(=NCc1ccccc1OCC)NCC. The molecule has 19 heavy (non-hydrogen) atoms. The molecular weight excluding hydrogens is 238 g/mol. The number of guanidine groups is 1. The van der Waals surface area contributed by atoms with Gasteiger partial charge in [-0.25, -0.2) is 4.99 Å². The molecule has 1 aromatic rings. The number of nitrogens with one attached hydrogen (secondary N) is 2. The van der Waals surface area contributed by atoms with Gasteiger partial charge in [-0.05, 0) is 19.9 Å². The molecule has 0 aliphatic carbocycles. The number of ether oxygens (including phenoxy) is 1. The van der Waals surface area contributed by atoms with E-state index >= 15 is 0 Å². The highest BCUT2D eigenvalue weighted by molar-refractivity contribution is 5.79. The monoisotopic (exact) mass is 261 g/mol. The highest BCUT2D eigenvalue weighted by atomic mass is 16.5. The summed E-state index contributed by atoms with van der Waals surface area (Å²) in [7, 11) is 0. The van der Waals surface area contributed by atoms with Crippen molar-refractivity contribution in [3.63, 3.8) is 0 Å². The first-order valence-corrected chi connectivity index (χ1v) is 6.65. The van der Waals surface area contributed by atoms with Crippen molar-refractivity contribution in [3.05, 3.63) is 42.5 Å². The second-order valence-corrected chi connectivity index (χ2v) is 3.91. The number of para-hydroxylation sites is 1. The van der Waals surface area contributed by atoms with Crippen LogP contribution in [-0.2, 0) is 6.54 Å². The van der Waals surface area contributed by atoms with E-state index in [0.29, 0.717) is 19.7 Å². The van der Waals surface area contributed by atoms with Crippen molar-refractivity contribution in [1.82, 2.24) is 10.6 Å². The molecule has 0 amide bonds. The smallest absolute Gasteiger partial charge is 0.191 e. The van der Waals surface area contributed by atoms with Gasteiger partial charge in [0.05, 0.1) is 13.2 Å². The molecule has 1 aromatic carbocycles. The van der Waals surface area contributed by atoms with Crippen molar-refractivity contribution < 1.29 is 4.74 Å².